The number of hydrogen-bond donors (Lipinski definition) is 1. The molecule has 0 bridgehead atoms. The van der Waals surface area contributed by atoms with Gasteiger partial charge in [0.25, 0.3) is 0 Å². The zero-order chi connectivity index (χ0) is 16.7. The molecule has 0 amide bonds. The van der Waals surface area contributed by atoms with Gasteiger partial charge in [0, 0.05) is 16.2 Å². The summed E-state index contributed by atoms with van der Waals surface area (Å²) in [6.07, 6.45) is 0.161. The van der Waals surface area contributed by atoms with Crippen LogP contribution in [0.2, 0.25) is 0 Å². The summed E-state index contributed by atoms with van der Waals surface area (Å²) in [5.41, 5.74) is 3.30. The third-order valence-corrected chi connectivity index (χ3v) is 4.63. The Kier molecular flexibility index (Phi) is 6.57. The average molecular weight is 324 g/mol. The number of thiophene rings is 1. The lowest BCUT2D eigenvalue weighted by atomic mass is 9.96. The van der Waals surface area contributed by atoms with Gasteiger partial charge in [-0.25, -0.2) is 0 Å². The van der Waals surface area contributed by atoms with Crippen LogP contribution >= 0.6 is 11.3 Å². The lowest BCUT2D eigenvalue weighted by Gasteiger charge is -2.15. The molecular formula is C21H24OS. The van der Waals surface area contributed by atoms with E-state index < -0.39 is 6.10 Å². The fourth-order valence-corrected chi connectivity index (χ4v) is 3.45. The molecule has 1 nitrogen and oxygen atoms in total. The van der Waals surface area contributed by atoms with Gasteiger partial charge >= 0.3 is 0 Å². The molecule has 1 atom stereocenters. The van der Waals surface area contributed by atoms with Crippen molar-refractivity contribution in [2.24, 2.45) is 0 Å². The molecule has 120 valence electrons. The predicted octanol–water partition coefficient (Wildman–Crippen LogP) is 6.03. The van der Waals surface area contributed by atoms with Gasteiger partial charge in [-0.15, -0.1) is 11.3 Å². The topological polar surface area (TPSA) is 20.2 Å². The molecule has 0 saturated carbocycles. The van der Waals surface area contributed by atoms with Crippen molar-refractivity contribution in [3.8, 4) is 10.4 Å². The lowest BCUT2D eigenvalue weighted by Crippen LogP contribution is -2.03. The SMILES string of the molecule is CC.Cc1ccc(-c2ccccc2C(O)Cc2ccccc2)s1. The van der Waals surface area contributed by atoms with Crippen LogP contribution in [-0.4, -0.2) is 5.11 Å². The average Bonchev–Trinajstić information content (AvgIpc) is 3.04. The van der Waals surface area contributed by atoms with E-state index in [1.165, 1.54) is 9.75 Å². The molecule has 3 rings (SSSR count). The van der Waals surface area contributed by atoms with Gasteiger partial charge in [-0.3, -0.25) is 0 Å². The Morgan fingerprint density at radius 1 is 0.870 bits per heavy atom. The van der Waals surface area contributed by atoms with Crippen molar-refractivity contribution in [2.75, 3.05) is 0 Å². The summed E-state index contributed by atoms with van der Waals surface area (Å²) in [6, 6.07) is 22.5. The van der Waals surface area contributed by atoms with E-state index in [1.807, 2.05) is 50.2 Å². The fraction of sp³-hybridized carbons (Fsp3) is 0.238. The first-order valence-corrected chi connectivity index (χ1v) is 8.93. The maximum absolute atomic E-state index is 10.6. The molecule has 2 heteroatoms. The molecule has 0 spiro atoms. The molecule has 1 heterocycles. The van der Waals surface area contributed by atoms with Crippen LogP contribution < -0.4 is 0 Å². The highest BCUT2D eigenvalue weighted by molar-refractivity contribution is 7.15. The van der Waals surface area contributed by atoms with Crippen molar-refractivity contribution in [3.63, 3.8) is 0 Å². The Bertz CT molecular complexity index is 715. The summed E-state index contributed by atoms with van der Waals surface area (Å²) in [4.78, 5) is 2.51. The summed E-state index contributed by atoms with van der Waals surface area (Å²) in [5.74, 6) is 0. The largest absolute Gasteiger partial charge is 0.388 e. The van der Waals surface area contributed by atoms with Gasteiger partial charge in [-0.05, 0) is 35.7 Å². The zero-order valence-corrected chi connectivity index (χ0v) is 14.8. The molecule has 1 N–H and O–H groups in total. The van der Waals surface area contributed by atoms with Gasteiger partial charge in [-0.1, -0.05) is 68.4 Å². The second-order valence-electron chi connectivity index (χ2n) is 5.20. The summed E-state index contributed by atoms with van der Waals surface area (Å²) in [6.45, 7) is 6.11. The minimum Gasteiger partial charge on any atom is -0.388 e. The standard InChI is InChI=1S/C19H18OS.C2H6/c1-14-11-12-19(21-14)17-10-6-5-9-16(17)18(20)13-15-7-3-2-4-8-15;1-2/h2-12,18,20H,13H2,1H3;1-2H3. The zero-order valence-electron chi connectivity index (χ0n) is 14.0. The second-order valence-corrected chi connectivity index (χ2v) is 6.49. The maximum atomic E-state index is 10.6. The van der Waals surface area contributed by atoms with E-state index in [0.29, 0.717) is 6.42 Å². The highest BCUT2D eigenvalue weighted by atomic mass is 32.1. The first-order valence-electron chi connectivity index (χ1n) is 8.12. The molecule has 1 unspecified atom stereocenters. The minimum absolute atomic E-state index is 0.481. The van der Waals surface area contributed by atoms with E-state index in [-0.39, 0.29) is 0 Å². The molecule has 0 aliphatic rings. The van der Waals surface area contributed by atoms with Crippen LogP contribution in [-0.2, 0) is 6.42 Å². The maximum Gasteiger partial charge on any atom is 0.0836 e. The highest BCUT2D eigenvalue weighted by Gasteiger charge is 2.14. The van der Waals surface area contributed by atoms with Gasteiger partial charge in [0.2, 0.25) is 0 Å². The van der Waals surface area contributed by atoms with E-state index in [4.69, 9.17) is 0 Å². The molecule has 0 saturated heterocycles. The summed E-state index contributed by atoms with van der Waals surface area (Å²) < 4.78 is 0. The van der Waals surface area contributed by atoms with Gasteiger partial charge in [0.05, 0.1) is 6.10 Å². The van der Waals surface area contributed by atoms with Crippen molar-refractivity contribution < 1.29 is 5.11 Å². The summed E-state index contributed by atoms with van der Waals surface area (Å²) in [5, 5.41) is 10.6. The molecule has 0 fully saturated rings. The number of benzene rings is 2. The van der Waals surface area contributed by atoms with Crippen LogP contribution in [0.1, 0.15) is 36.0 Å². The molecular weight excluding hydrogens is 300 g/mol. The van der Waals surface area contributed by atoms with Crippen LogP contribution in [0, 0.1) is 6.92 Å². The van der Waals surface area contributed by atoms with Gasteiger partial charge in [0.15, 0.2) is 0 Å². The van der Waals surface area contributed by atoms with E-state index in [2.05, 4.69) is 37.3 Å². The Balaban J connectivity index is 0.000000924. The van der Waals surface area contributed by atoms with Crippen molar-refractivity contribution in [1.29, 1.82) is 0 Å². The quantitative estimate of drug-likeness (QED) is 0.621. The van der Waals surface area contributed by atoms with E-state index in [1.54, 1.807) is 11.3 Å². The predicted molar refractivity (Wildman–Crippen MR) is 101 cm³/mol. The number of aryl methyl sites for hydroxylation is 1. The molecule has 0 radical (unpaired) electrons. The number of hydrogen-bond acceptors (Lipinski definition) is 2. The molecule has 1 aromatic heterocycles. The highest BCUT2D eigenvalue weighted by Crippen LogP contribution is 2.34. The van der Waals surface area contributed by atoms with Crippen LogP contribution in [0.4, 0.5) is 0 Å². The third-order valence-electron chi connectivity index (χ3n) is 3.60. The van der Waals surface area contributed by atoms with E-state index in [0.717, 1.165) is 16.7 Å². The van der Waals surface area contributed by atoms with Crippen LogP contribution in [0.15, 0.2) is 66.7 Å². The fourth-order valence-electron chi connectivity index (χ4n) is 2.54. The van der Waals surface area contributed by atoms with Crippen molar-refractivity contribution in [3.05, 3.63) is 82.7 Å². The Morgan fingerprint density at radius 3 is 2.17 bits per heavy atom. The molecule has 3 aromatic rings. The smallest absolute Gasteiger partial charge is 0.0836 e. The van der Waals surface area contributed by atoms with Crippen molar-refractivity contribution in [1.82, 2.24) is 0 Å². The Morgan fingerprint density at radius 2 is 1.52 bits per heavy atom. The molecule has 0 aliphatic carbocycles. The second kappa shape index (κ2) is 8.66. The number of aliphatic hydroxyl groups excluding tert-OH is 1. The van der Waals surface area contributed by atoms with Gasteiger partial charge in [-0.2, -0.15) is 0 Å². The number of aliphatic hydroxyl groups is 1. The summed E-state index contributed by atoms with van der Waals surface area (Å²) in [7, 11) is 0. The van der Waals surface area contributed by atoms with Crippen LogP contribution in [0.25, 0.3) is 10.4 Å². The Hall–Kier alpha value is -1.90. The van der Waals surface area contributed by atoms with Crippen LogP contribution in [0.3, 0.4) is 0 Å². The first-order chi connectivity index (χ1) is 11.2. The van der Waals surface area contributed by atoms with Gasteiger partial charge in [0.1, 0.15) is 0 Å². The van der Waals surface area contributed by atoms with E-state index in [9.17, 15) is 5.11 Å². The lowest BCUT2D eigenvalue weighted by molar-refractivity contribution is 0.179. The molecule has 2 aromatic carbocycles. The van der Waals surface area contributed by atoms with Crippen LogP contribution in [0.5, 0.6) is 0 Å². The third kappa shape index (κ3) is 4.54. The monoisotopic (exact) mass is 324 g/mol. The van der Waals surface area contributed by atoms with Gasteiger partial charge < -0.3 is 5.11 Å². The van der Waals surface area contributed by atoms with E-state index >= 15 is 0 Å². The molecule has 0 aliphatic heterocycles. The van der Waals surface area contributed by atoms with Crippen molar-refractivity contribution >= 4 is 11.3 Å². The normalized spacial score (nSPS) is 11.5. The minimum atomic E-state index is -0.481. The molecule has 23 heavy (non-hydrogen) atoms. The van der Waals surface area contributed by atoms with Crippen molar-refractivity contribution in [2.45, 2.75) is 33.3 Å². The summed E-state index contributed by atoms with van der Waals surface area (Å²) >= 11 is 1.77. The first kappa shape index (κ1) is 17.5. The Labute approximate surface area is 143 Å². The number of rotatable bonds is 4.